The third-order valence-corrected chi connectivity index (χ3v) is 5.93. The second kappa shape index (κ2) is 5.22. The molecule has 0 bridgehead atoms. The first-order valence-corrected chi connectivity index (χ1v) is 7.60. The second-order valence-electron chi connectivity index (χ2n) is 3.99. The number of halogens is 2. The van der Waals surface area contributed by atoms with Gasteiger partial charge in [-0.05, 0) is 47.0 Å². The molecule has 90 valence electrons. The van der Waals surface area contributed by atoms with Gasteiger partial charge < -0.3 is 5.11 Å². The Balaban J connectivity index is 2.43. The summed E-state index contributed by atoms with van der Waals surface area (Å²) in [6.45, 7) is 4.05. The van der Waals surface area contributed by atoms with Crippen molar-refractivity contribution in [1.82, 2.24) is 0 Å². The molecule has 1 aromatic heterocycles. The molecule has 0 fully saturated rings. The quantitative estimate of drug-likeness (QED) is 0.785. The average Bonchev–Trinajstić information content (AvgIpc) is 2.62. The number of aliphatic hydroxyl groups is 1. The molecule has 4 heteroatoms. The van der Waals surface area contributed by atoms with E-state index in [2.05, 4.69) is 31.9 Å². The third-order valence-electron chi connectivity index (χ3n) is 2.66. The minimum atomic E-state index is -0.570. The van der Waals surface area contributed by atoms with E-state index in [1.807, 2.05) is 38.1 Å². The molecule has 2 aromatic rings. The molecule has 0 aliphatic carbocycles. The second-order valence-corrected chi connectivity index (χ2v) is 7.18. The topological polar surface area (TPSA) is 20.2 Å². The predicted molar refractivity (Wildman–Crippen MR) is 79.7 cm³/mol. The van der Waals surface area contributed by atoms with Crippen LogP contribution in [0, 0.1) is 13.8 Å². The summed E-state index contributed by atoms with van der Waals surface area (Å²) in [5.41, 5.74) is 3.21. The van der Waals surface area contributed by atoms with E-state index in [0.29, 0.717) is 0 Å². The lowest BCUT2D eigenvalue weighted by Gasteiger charge is -2.12. The van der Waals surface area contributed by atoms with Gasteiger partial charge in [0.1, 0.15) is 6.10 Å². The lowest BCUT2D eigenvalue weighted by molar-refractivity contribution is 0.223. The molecule has 0 radical (unpaired) electrons. The maximum absolute atomic E-state index is 10.4. The van der Waals surface area contributed by atoms with E-state index < -0.39 is 6.10 Å². The van der Waals surface area contributed by atoms with Crippen molar-refractivity contribution in [3.8, 4) is 0 Å². The molecule has 17 heavy (non-hydrogen) atoms. The normalized spacial score (nSPS) is 12.8. The molecular formula is C13H12Br2OS. The van der Waals surface area contributed by atoms with Crippen LogP contribution in [0.25, 0.3) is 0 Å². The van der Waals surface area contributed by atoms with Crippen molar-refractivity contribution in [2.24, 2.45) is 0 Å². The zero-order chi connectivity index (χ0) is 12.6. The van der Waals surface area contributed by atoms with Gasteiger partial charge in [-0.2, -0.15) is 0 Å². The van der Waals surface area contributed by atoms with E-state index in [1.165, 1.54) is 0 Å². The third kappa shape index (κ3) is 2.65. The summed E-state index contributed by atoms with van der Waals surface area (Å²) in [6.07, 6.45) is -0.570. The highest BCUT2D eigenvalue weighted by molar-refractivity contribution is 9.11. The number of aliphatic hydroxyl groups excluding tert-OH is 1. The Hall–Kier alpha value is -0.160. The minimum Gasteiger partial charge on any atom is -0.383 e. The molecule has 1 N–H and O–H groups in total. The van der Waals surface area contributed by atoms with E-state index in [9.17, 15) is 5.11 Å². The summed E-state index contributed by atoms with van der Waals surface area (Å²) in [7, 11) is 0. The van der Waals surface area contributed by atoms with Crippen LogP contribution < -0.4 is 0 Å². The molecule has 2 rings (SSSR count). The molecule has 0 spiro atoms. The predicted octanol–water partition coefficient (Wildman–Crippen LogP) is 4.97. The van der Waals surface area contributed by atoms with Crippen LogP contribution in [-0.4, -0.2) is 5.11 Å². The first-order chi connectivity index (χ1) is 8.00. The maximum Gasteiger partial charge on any atom is 0.114 e. The Morgan fingerprint density at radius 3 is 2.47 bits per heavy atom. The molecule has 1 nitrogen and oxygen atoms in total. The molecule has 1 aromatic carbocycles. The van der Waals surface area contributed by atoms with E-state index in [-0.39, 0.29) is 0 Å². The number of benzene rings is 1. The number of hydrogen-bond donors (Lipinski definition) is 1. The fourth-order valence-electron chi connectivity index (χ4n) is 1.65. The monoisotopic (exact) mass is 374 g/mol. The summed E-state index contributed by atoms with van der Waals surface area (Å²) < 4.78 is 2.06. The lowest BCUT2D eigenvalue weighted by atomic mass is 10.1. The highest BCUT2D eigenvalue weighted by atomic mass is 79.9. The summed E-state index contributed by atoms with van der Waals surface area (Å²) in [5, 5.41) is 10.4. The van der Waals surface area contributed by atoms with E-state index in [0.717, 1.165) is 29.8 Å². The largest absolute Gasteiger partial charge is 0.383 e. The van der Waals surface area contributed by atoms with Crippen molar-refractivity contribution in [2.75, 3.05) is 0 Å². The molecule has 0 aliphatic rings. The molecule has 1 heterocycles. The molecule has 1 unspecified atom stereocenters. The highest BCUT2D eigenvalue weighted by Crippen LogP contribution is 2.37. The Labute approximate surface area is 122 Å². The van der Waals surface area contributed by atoms with Gasteiger partial charge in [-0.25, -0.2) is 0 Å². The molecule has 0 saturated carbocycles. The van der Waals surface area contributed by atoms with Gasteiger partial charge in [0.05, 0.1) is 3.79 Å². The fraction of sp³-hybridized carbons (Fsp3) is 0.231. The summed E-state index contributed by atoms with van der Waals surface area (Å²) in [6, 6.07) is 7.96. The van der Waals surface area contributed by atoms with Crippen molar-refractivity contribution in [1.29, 1.82) is 0 Å². The lowest BCUT2D eigenvalue weighted by Crippen LogP contribution is -1.99. The fourth-order valence-corrected chi connectivity index (χ4v) is 3.71. The zero-order valence-corrected chi connectivity index (χ0v) is 13.5. The van der Waals surface area contributed by atoms with Crippen LogP contribution in [0.15, 0.2) is 32.5 Å². The standard InChI is InChI=1S/C13H12Br2OS/c1-7-4-3-5-9(11(7)14)12(16)10-6-8(2)13(15)17-10/h3-6,12,16H,1-2H3. The maximum atomic E-state index is 10.4. The molecule has 0 saturated heterocycles. The number of aryl methyl sites for hydroxylation is 2. The average molecular weight is 376 g/mol. The van der Waals surface area contributed by atoms with Gasteiger partial charge in [0, 0.05) is 14.9 Å². The van der Waals surface area contributed by atoms with Crippen molar-refractivity contribution in [2.45, 2.75) is 20.0 Å². The Morgan fingerprint density at radius 2 is 1.88 bits per heavy atom. The summed E-state index contributed by atoms with van der Waals surface area (Å²) in [4.78, 5) is 0.959. The Kier molecular flexibility index (Phi) is 4.08. The van der Waals surface area contributed by atoms with Crippen LogP contribution in [0.3, 0.4) is 0 Å². The molecule has 0 aliphatic heterocycles. The smallest absolute Gasteiger partial charge is 0.114 e. The van der Waals surface area contributed by atoms with Crippen LogP contribution >= 0.6 is 43.2 Å². The van der Waals surface area contributed by atoms with Crippen LogP contribution in [0.1, 0.15) is 27.7 Å². The number of thiophene rings is 1. The summed E-state index contributed by atoms with van der Waals surface area (Å²) >= 11 is 8.60. The van der Waals surface area contributed by atoms with Gasteiger partial charge in [0.2, 0.25) is 0 Å². The summed E-state index contributed by atoms with van der Waals surface area (Å²) in [5.74, 6) is 0. The first-order valence-electron chi connectivity index (χ1n) is 5.19. The molecule has 1 atom stereocenters. The van der Waals surface area contributed by atoms with Crippen molar-refractivity contribution in [3.63, 3.8) is 0 Å². The Morgan fingerprint density at radius 1 is 1.18 bits per heavy atom. The van der Waals surface area contributed by atoms with Gasteiger partial charge in [0.15, 0.2) is 0 Å². The van der Waals surface area contributed by atoms with E-state index in [4.69, 9.17) is 0 Å². The molecule has 0 amide bonds. The van der Waals surface area contributed by atoms with Crippen LogP contribution in [0.4, 0.5) is 0 Å². The van der Waals surface area contributed by atoms with Crippen LogP contribution in [0.2, 0.25) is 0 Å². The van der Waals surface area contributed by atoms with Gasteiger partial charge >= 0.3 is 0 Å². The number of rotatable bonds is 2. The van der Waals surface area contributed by atoms with Crippen molar-refractivity contribution < 1.29 is 5.11 Å². The number of hydrogen-bond acceptors (Lipinski definition) is 2. The minimum absolute atomic E-state index is 0.570. The first kappa shape index (κ1) is 13.3. The van der Waals surface area contributed by atoms with Gasteiger partial charge in [0.25, 0.3) is 0 Å². The van der Waals surface area contributed by atoms with Crippen molar-refractivity contribution >= 4 is 43.2 Å². The van der Waals surface area contributed by atoms with Crippen molar-refractivity contribution in [3.05, 3.63) is 54.1 Å². The van der Waals surface area contributed by atoms with E-state index >= 15 is 0 Å². The highest BCUT2D eigenvalue weighted by Gasteiger charge is 2.17. The van der Waals surface area contributed by atoms with Gasteiger partial charge in [-0.1, -0.05) is 34.1 Å². The molecular weight excluding hydrogens is 364 g/mol. The van der Waals surface area contributed by atoms with E-state index in [1.54, 1.807) is 11.3 Å². The van der Waals surface area contributed by atoms with Gasteiger partial charge in [-0.3, -0.25) is 0 Å². The van der Waals surface area contributed by atoms with Crippen LogP contribution in [0.5, 0.6) is 0 Å². The zero-order valence-electron chi connectivity index (χ0n) is 9.50. The van der Waals surface area contributed by atoms with Crippen LogP contribution in [-0.2, 0) is 0 Å². The Bertz CT molecular complexity index is 529. The van der Waals surface area contributed by atoms with Gasteiger partial charge in [-0.15, -0.1) is 11.3 Å². The SMILES string of the molecule is Cc1cc(C(O)c2cccc(C)c2Br)sc1Br.